The minimum atomic E-state index is -0.474. The molecule has 1 heterocycles. The van der Waals surface area contributed by atoms with E-state index in [2.05, 4.69) is 13.8 Å². The van der Waals surface area contributed by atoms with Gasteiger partial charge in [0.15, 0.2) is 0 Å². The zero-order chi connectivity index (χ0) is 12.5. The van der Waals surface area contributed by atoms with E-state index in [4.69, 9.17) is 14.0 Å². The number of hydrogen-bond donors (Lipinski definition) is 0. The van der Waals surface area contributed by atoms with Crippen LogP contribution in [0.2, 0.25) is 0 Å². The molecule has 0 amide bonds. The highest BCUT2D eigenvalue weighted by Crippen LogP contribution is 2.23. The van der Waals surface area contributed by atoms with E-state index in [0.29, 0.717) is 19.0 Å². The normalized spacial score (nSPS) is 19.2. The highest BCUT2D eigenvalue weighted by Gasteiger charge is 2.35. The van der Waals surface area contributed by atoms with Gasteiger partial charge in [-0.1, -0.05) is 19.9 Å². The Morgan fingerprint density at radius 1 is 1.29 bits per heavy atom. The molecular weight excluding hydrogens is 222 g/mol. The highest BCUT2D eigenvalue weighted by atomic mass is 19.1. The Morgan fingerprint density at radius 2 is 1.94 bits per heavy atom. The van der Waals surface area contributed by atoms with Gasteiger partial charge in [0.25, 0.3) is 0 Å². The third-order valence-corrected chi connectivity index (χ3v) is 2.70. The molecule has 0 spiro atoms. The van der Waals surface area contributed by atoms with Gasteiger partial charge in [-0.15, -0.1) is 0 Å². The molecule has 1 fully saturated rings. The minimum Gasteiger partial charge on any atom is -0.497 e. The molecule has 1 aliphatic heterocycles. The third kappa shape index (κ3) is 2.79. The molecule has 1 saturated heterocycles. The molecule has 92 valence electrons. The molecule has 0 aromatic heterocycles. The smallest absolute Gasteiger partial charge is 0.497 e. The van der Waals surface area contributed by atoms with Crippen LogP contribution in [0.3, 0.4) is 0 Å². The van der Waals surface area contributed by atoms with E-state index in [-0.39, 0.29) is 11.2 Å². The molecule has 5 heteroatoms. The lowest BCUT2D eigenvalue weighted by Crippen LogP contribution is -2.47. The summed E-state index contributed by atoms with van der Waals surface area (Å²) in [4.78, 5) is 0. The number of ether oxygens (including phenoxy) is 1. The first kappa shape index (κ1) is 12.4. The van der Waals surface area contributed by atoms with Crippen LogP contribution in [0.1, 0.15) is 13.8 Å². The van der Waals surface area contributed by atoms with Crippen molar-refractivity contribution in [1.82, 2.24) is 0 Å². The molecule has 0 radical (unpaired) electrons. The molecule has 2 rings (SSSR count). The molecule has 1 aromatic carbocycles. The van der Waals surface area contributed by atoms with Crippen molar-refractivity contribution < 1.29 is 18.4 Å². The van der Waals surface area contributed by atoms with Crippen LogP contribution in [-0.2, 0) is 9.31 Å². The zero-order valence-corrected chi connectivity index (χ0v) is 10.3. The summed E-state index contributed by atoms with van der Waals surface area (Å²) < 4.78 is 29.5. The molecule has 17 heavy (non-hydrogen) atoms. The summed E-state index contributed by atoms with van der Waals surface area (Å²) in [5, 5.41) is 0. The Hall–Kier alpha value is -1.07. The van der Waals surface area contributed by atoms with E-state index < -0.39 is 7.12 Å². The molecular formula is C12H16BFO3. The first-order valence-electron chi connectivity index (χ1n) is 5.58. The van der Waals surface area contributed by atoms with E-state index >= 15 is 0 Å². The predicted molar refractivity (Wildman–Crippen MR) is 64.0 cm³/mol. The predicted octanol–water partition coefficient (Wildman–Crippen LogP) is 1.60. The van der Waals surface area contributed by atoms with E-state index in [1.807, 2.05) is 0 Å². The van der Waals surface area contributed by atoms with Gasteiger partial charge < -0.3 is 14.0 Å². The molecule has 0 N–H and O–H groups in total. The third-order valence-electron chi connectivity index (χ3n) is 2.70. The van der Waals surface area contributed by atoms with Gasteiger partial charge in [-0.3, -0.25) is 0 Å². The fourth-order valence-electron chi connectivity index (χ4n) is 1.75. The van der Waals surface area contributed by atoms with E-state index in [1.165, 1.54) is 19.2 Å². The van der Waals surface area contributed by atoms with Crippen LogP contribution in [0, 0.1) is 11.2 Å². The largest absolute Gasteiger partial charge is 0.497 e. The summed E-state index contributed by atoms with van der Waals surface area (Å²) in [6.45, 7) is 5.37. The highest BCUT2D eigenvalue weighted by molar-refractivity contribution is 6.62. The van der Waals surface area contributed by atoms with Crippen molar-refractivity contribution in [2.24, 2.45) is 5.41 Å². The summed E-state index contributed by atoms with van der Waals surface area (Å²) in [6, 6.07) is 4.35. The van der Waals surface area contributed by atoms with Crippen molar-refractivity contribution >= 4 is 12.6 Å². The minimum absolute atomic E-state index is 0.0176. The van der Waals surface area contributed by atoms with Gasteiger partial charge in [-0.05, 0) is 6.07 Å². The standard InChI is InChI=1S/C12H16BFO3/c1-12(2)7-16-13(17-8-12)10-5-4-9(14)6-11(10)15-3/h4-6H,7-8H2,1-3H3. The Kier molecular flexibility index (Phi) is 3.40. The summed E-state index contributed by atoms with van der Waals surface area (Å²) in [5.74, 6) is 0.122. The number of methoxy groups -OCH3 is 1. The summed E-state index contributed by atoms with van der Waals surface area (Å²) in [7, 11) is 1.03. The summed E-state index contributed by atoms with van der Waals surface area (Å²) in [5.41, 5.74) is 0.744. The molecule has 1 aromatic rings. The number of hydrogen-bond acceptors (Lipinski definition) is 3. The van der Waals surface area contributed by atoms with Crippen LogP contribution in [-0.4, -0.2) is 27.4 Å². The molecule has 0 saturated carbocycles. The van der Waals surface area contributed by atoms with Gasteiger partial charge in [0, 0.05) is 30.2 Å². The first-order chi connectivity index (χ1) is 8.02. The average Bonchev–Trinajstić information content (AvgIpc) is 2.29. The van der Waals surface area contributed by atoms with Gasteiger partial charge in [-0.25, -0.2) is 4.39 Å². The maximum absolute atomic E-state index is 13.1. The van der Waals surface area contributed by atoms with Crippen LogP contribution in [0.15, 0.2) is 18.2 Å². The second-order valence-electron chi connectivity index (χ2n) is 5.00. The van der Waals surface area contributed by atoms with Crippen LogP contribution < -0.4 is 10.2 Å². The second-order valence-corrected chi connectivity index (χ2v) is 5.00. The van der Waals surface area contributed by atoms with Crippen molar-refractivity contribution in [3.8, 4) is 5.75 Å². The summed E-state index contributed by atoms with van der Waals surface area (Å²) in [6.07, 6.45) is 0. The maximum atomic E-state index is 13.1. The molecule has 0 unspecified atom stereocenters. The average molecular weight is 238 g/mol. The maximum Gasteiger partial charge on any atom is 0.497 e. The van der Waals surface area contributed by atoms with Gasteiger partial charge >= 0.3 is 7.12 Å². The van der Waals surface area contributed by atoms with Crippen molar-refractivity contribution in [1.29, 1.82) is 0 Å². The number of benzene rings is 1. The van der Waals surface area contributed by atoms with Crippen molar-refractivity contribution in [2.45, 2.75) is 13.8 Å². The Balaban J connectivity index is 2.18. The van der Waals surface area contributed by atoms with Crippen molar-refractivity contribution in [2.75, 3.05) is 20.3 Å². The molecule has 0 bridgehead atoms. The van der Waals surface area contributed by atoms with E-state index in [0.717, 1.165) is 5.46 Å². The van der Waals surface area contributed by atoms with Gasteiger partial charge in [0.05, 0.1) is 7.11 Å². The Bertz CT molecular complexity index is 399. The van der Waals surface area contributed by atoms with Gasteiger partial charge in [-0.2, -0.15) is 0 Å². The molecule has 0 aliphatic carbocycles. The van der Waals surface area contributed by atoms with E-state index in [9.17, 15) is 4.39 Å². The quantitative estimate of drug-likeness (QED) is 0.732. The lowest BCUT2D eigenvalue weighted by Gasteiger charge is -2.33. The van der Waals surface area contributed by atoms with Crippen LogP contribution >= 0.6 is 0 Å². The molecule has 0 atom stereocenters. The zero-order valence-electron chi connectivity index (χ0n) is 10.3. The van der Waals surface area contributed by atoms with Crippen molar-refractivity contribution in [3.63, 3.8) is 0 Å². The SMILES string of the molecule is COc1cc(F)ccc1B1OCC(C)(C)CO1. The van der Waals surface area contributed by atoms with Gasteiger partial charge in [0.2, 0.25) is 0 Å². The molecule has 3 nitrogen and oxygen atoms in total. The van der Waals surface area contributed by atoms with E-state index in [1.54, 1.807) is 6.07 Å². The van der Waals surface area contributed by atoms with Crippen LogP contribution in [0.5, 0.6) is 5.75 Å². The first-order valence-corrected chi connectivity index (χ1v) is 5.58. The number of rotatable bonds is 2. The number of halogens is 1. The van der Waals surface area contributed by atoms with Crippen LogP contribution in [0.4, 0.5) is 4.39 Å². The second kappa shape index (κ2) is 4.66. The summed E-state index contributed by atoms with van der Waals surface area (Å²) >= 11 is 0. The monoisotopic (exact) mass is 238 g/mol. The topological polar surface area (TPSA) is 27.7 Å². The lowest BCUT2D eigenvalue weighted by atomic mass is 9.75. The lowest BCUT2D eigenvalue weighted by molar-refractivity contribution is 0.0341. The Morgan fingerprint density at radius 3 is 2.53 bits per heavy atom. The Labute approximate surface area is 101 Å². The molecule has 1 aliphatic rings. The fraction of sp³-hybridized carbons (Fsp3) is 0.500. The fourth-order valence-corrected chi connectivity index (χ4v) is 1.75. The van der Waals surface area contributed by atoms with Crippen molar-refractivity contribution in [3.05, 3.63) is 24.0 Å². The van der Waals surface area contributed by atoms with Gasteiger partial charge in [0.1, 0.15) is 11.6 Å². The van der Waals surface area contributed by atoms with Crippen LogP contribution in [0.25, 0.3) is 0 Å².